The smallest absolute Gasteiger partial charge is 0.253 e. The number of carbonyl (C=O) groups is 2. The molecule has 8 heteroatoms. The first-order valence-electron chi connectivity index (χ1n) is 9.58. The molecule has 0 atom stereocenters. The molecule has 2 aromatic rings. The third-order valence-electron chi connectivity index (χ3n) is 4.25. The Labute approximate surface area is 195 Å². The van der Waals surface area contributed by atoms with Gasteiger partial charge < -0.3 is 20.9 Å². The number of benzene rings is 2. The summed E-state index contributed by atoms with van der Waals surface area (Å²) < 4.78 is 0. The van der Waals surface area contributed by atoms with Crippen LogP contribution in [0.3, 0.4) is 0 Å². The van der Waals surface area contributed by atoms with Crippen LogP contribution in [-0.4, -0.2) is 50.4 Å². The lowest BCUT2D eigenvalue weighted by Gasteiger charge is -2.13. The van der Waals surface area contributed by atoms with E-state index in [0.29, 0.717) is 30.2 Å². The zero-order chi connectivity index (χ0) is 21.2. The molecule has 0 spiro atoms. The average molecular weight is 523 g/mol. The fraction of sp³-hybridized carbons (Fsp3) is 0.318. The molecule has 0 aromatic heterocycles. The molecule has 0 heterocycles. The summed E-state index contributed by atoms with van der Waals surface area (Å²) in [6.45, 7) is 3.78. The summed E-state index contributed by atoms with van der Waals surface area (Å²) in [6, 6.07) is 14.9. The minimum absolute atomic E-state index is 0. The minimum atomic E-state index is -0.114. The molecule has 0 unspecified atom stereocenters. The van der Waals surface area contributed by atoms with Crippen molar-refractivity contribution in [2.45, 2.75) is 20.0 Å². The molecule has 0 aliphatic rings. The number of aliphatic imine (C=N–C) groups is 1. The highest BCUT2D eigenvalue weighted by Crippen LogP contribution is 2.08. The van der Waals surface area contributed by atoms with Crippen molar-refractivity contribution in [1.82, 2.24) is 20.9 Å². The van der Waals surface area contributed by atoms with E-state index in [1.807, 2.05) is 49.4 Å². The van der Waals surface area contributed by atoms with Gasteiger partial charge in [-0.25, -0.2) is 4.99 Å². The predicted molar refractivity (Wildman–Crippen MR) is 131 cm³/mol. The standard InChI is InChI=1S/C22H29N5O2.HI/c1-5-24-22(26-15-17-7-6-8-19(13-17)20(28)23-2)25-14-16-9-11-18(12-10-16)21(29)27(3)4;/h6-13H,5,14-15H2,1-4H3,(H,23,28)(H2,24,25,26);1H. The summed E-state index contributed by atoms with van der Waals surface area (Å²) in [7, 11) is 5.09. The lowest BCUT2D eigenvalue weighted by atomic mass is 10.1. The average Bonchev–Trinajstić information content (AvgIpc) is 2.75. The zero-order valence-electron chi connectivity index (χ0n) is 17.9. The van der Waals surface area contributed by atoms with Crippen LogP contribution in [0.25, 0.3) is 0 Å². The number of carbonyl (C=O) groups excluding carboxylic acids is 2. The molecule has 0 aliphatic carbocycles. The van der Waals surface area contributed by atoms with Crippen LogP contribution in [0, 0.1) is 0 Å². The van der Waals surface area contributed by atoms with Crippen molar-refractivity contribution >= 4 is 41.8 Å². The first-order valence-corrected chi connectivity index (χ1v) is 9.58. The molecule has 3 N–H and O–H groups in total. The van der Waals surface area contributed by atoms with Crippen LogP contribution < -0.4 is 16.0 Å². The van der Waals surface area contributed by atoms with Crippen LogP contribution in [0.4, 0.5) is 0 Å². The maximum absolute atomic E-state index is 12.0. The number of guanidine groups is 1. The van der Waals surface area contributed by atoms with E-state index < -0.39 is 0 Å². The molecule has 30 heavy (non-hydrogen) atoms. The molecule has 2 amide bonds. The Morgan fingerprint density at radius 2 is 1.67 bits per heavy atom. The van der Waals surface area contributed by atoms with E-state index in [4.69, 9.17) is 0 Å². The van der Waals surface area contributed by atoms with Gasteiger partial charge in [-0.15, -0.1) is 24.0 Å². The van der Waals surface area contributed by atoms with Crippen molar-refractivity contribution in [2.24, 2.45) is 4.99 Å². The number of halogens is 1. The van der Waals surface area contributed by atoms with Crippen molar-refractivity contribution in [3.63, 3.8) is 0 Å². The first-order chi connectivity index (χ1) is 13.9. The van der Waals surface area contributed by atoms with Crippen LogP contribution in [0.15, 0.2) is 53.5 Å². The second-order valence-electron chi connectivity index (χ2n) is 6.72. The third-order valence-corrected chi connectivity index (χ3v) is 4.25. The van der Waals surface area contributed by atoms with Gasteiger partial charge in [-0.05, 0) is 42.3 Å². The number of hydrogen-bond donors (Lipinski definition) is 3. The molecule has 2 aromatic carbocycles. The summed E-state index contributed by atoms with van der Waals surface area (Å²) >= 11 is 0. The molecule has 162 valence electrons. The fourth-order valence-electron chi connectivity index (χ4n) is 2.68. The van der Waals surface area contributed by atoms with Crippen LogP contribution in [0.5, 0.6) is 0 Å². The highest BCUT2D eigenvalue weighted by atomic mass is 127. The van der Waals surface area contributed by atoms with Gasteiger partial charge in [0.05, 0.1) is 6.54 Å². The third kappa shape index (κ3) is 7.66. The largest absolute Gasteiger partial charge is 0.357 e. The van der Waals surface area contributed by atoms with Crippen LogP contribution in [-0.2, 0) is 13.1 Å². The monoisotopic (exact) mass is 523 g/mol. The van der Waals surface area contributed by atoms with Crippen molar-refractivity contribution in [3.05, 3.63) is 70.8 Å². The van der Waals surface area contributed by atoms with Gasteiger partial charge in [0.15, 0.2) is 5.96 Å². The molecule has 7 nitrogen and oxygen atoms in total. The quantitative estimate of drug-likeness (QED) is 0.296. The molecular formula is C22H30IN5O2. The lowest BCUT2D eigenvalue weighted by molar-refractivity contribution is 0.0827. The van der Waals surface area contributed by atoms with Gasteiger partial charge in [-0.1, -0.05) is 24.3 Å². The van der Waals surface area contributed by atoms with Crippen molar-refractivity contribution in [2.75, 3.05) is 27.7 Å². The van der Waals surface area contributed by atoms with Gasteiger partial charge in [0.1, 0.15) is 0 Å². The molecular weight excluding hydrogens is 493 g/mol. The first kappa shape index (κ1) is 25.4. The molecule has 0 radical (unpaired) electrons. The van der Waals surface area contributed by atoms with E-state index in [1.165, 1.54) is 0 Å². The Hall–Kier alpha value is -2.62. The maximum atomic E-state index is 12.0. The van der Waals surface area contributed by atoms with Gasteiger partial charge >= 0.3 is 0 Å². The van der Waals surface area contributed by atoms with Gasteiger partial charge in [0, 0.05) is 45.4 Å². The Morgan fingerprint density at radius 1 is 0.967 bits per heavy atom. The number of nitrogens with zero attached hydrogens (tertiary/aromatic N) is 2. The van der Waals surface area contributed by atoms with Gasteiger partial charge in [0.25, 0.3) is 11.8 Å². The topological polar surface area (TPSA) is 85.8 Å². The van der Waals surface area contributed by atoms with Gasteiger partial charge in [-0.2, -0.15) is 0 Å². The number of amides is 2. The summed E-state index contributed by atoms with van der Waals surface area (Å²) in [6.07, 6.45) is 0. The highest BCUT2D eigenvalue weighted by molar-refractivity contribution is 14.0. The number of nitrogens with one attached hydrogen (secondary N) is 3. The van der Waals surface area contributed by atoms with Crippen LogP contribution in [0.1, 0.15) is 38.8 Å². The van der Waals surface area contributed by atoms with E-state index in [-0.39, 0.29) is 35.8 Å². The van der Waals surface area contributed by atoms with Crippen molar-refractivity contribution in [3.8, 4) is 0 Å². The van der Waals surface area contributed by atoms with Crippen molar-refractivity contribution < 1.29 is 9.59 Å². The molecule has 0 bridgehead atoms. The molecule has 0 saturated carbocycles. The molecule has 2 rings (SSSR count). The Morgan fingerprint density at radius 3 is 2.27 bits per heavy atom. The van der Waals surface area contributed by atoms with Crippen LogP contribution >= 0.6 is 24.0 Å². The van der Waals surface area contributed by atoms with Gasteiger partial charge in [-0.3, -0.25) is 9.59 Å². The summed E-state index contributed by atoms with van der Waals surface area (Å²) in [5, 5.41) is 9.13. The van der Waals surface area contributed by atoms with E-state index in [2.05, 4.69) is 20.9 Å². The highest BCUT2D eigenvalue weighted by Gasteiger charge is 2.07. The number of rotatable bonds is 7. The molecule has 0 saturated heterocycles. The fourth-order valence-corrected chi connectivity index (χ4v) is 2.68. The summed E-state index contributed by atoms with van der Waals surface area (Å²) in [5.74, 6) is 0.557. The Balaban J connectivity index is 0.00000450. The number of hydrogen-bond acceptors (Lipinski definition) is 3. The normalized spacial score (nSPS) is 10.6. The SMILES string of the molecule is CCNC(=NCc1cccc(C(=O)NC)c1)NCc1ccc(C(=O)N(C)C)cc1.I. The predicted octanol–water partition coefficient (Wildman–Crippen LogP) is 2.62. The van der Waals surface area contributed by atoms with Crippen molar-refractivity contribution in [1.29, 1.82) is 0 Å². The second-order valence-corrected chi connectivity index (χ2v) is 6.72. The zero-order valence-corrected chi connectivity index (χ0v) is 20.2. The van der Waals surface area contributed by atoms with E-state index in [0.717, 1.165) is 17.7 Å². The Bertz CT molecular complexity index is 866. The van der Waals surface area contributed by atoms with E-state index in [9.17, 15) is 9.59 Å². The summed E-state index contributed by atoms with van der Waals surface area (Å²) in [4.78, 5) is 29.9. The van der Waals surface area contributed by atoms with Gasteiger partial charge in [0.2, 0.25) is 0 Å². The summed E-state index contributed by atoms with van der Waals surface area (Å²) in [5.41, 5.74) is 3.28. The maximum Gasteiger partial charge on any atom is 0.253 e. The lowest BCUT2D eigenvalue weighted by Crippen LogP contribution is -2.36. The Kier molecular flexibility index (Phi) is 10.9. The van der Waals surface area contributed by atoms with Crippen LogP contribution in [0.2, 0.25) is 0 Å². The molecule has 0 aliphatic heterocycles. The molecule has 0 fully saturated rings. The van der Waals surface area contributed by atoms with E-state index >= 15 is 0 Å². The minimum Gasteiger partial charge on any atom is -0.357 e. The van der Waals surface area contributed by atoms with E-state index in [1.54, 1.807) is 32.1 Å². The second kappa shape index (κ2) is 12.8.